The average Bonchev–Trinajstić information content (AvgIpc) is 3.15. The van der Waals surface area contributed by atoms with Crippen LogP contribution in [-0.4, -0.2) is 32.7 Å². The van der Waals surface area contributed by atoms with Crippen LogP contribution in [0.3, 0.4) is 0 Å². The number of benzene rings is 1. The molecule has 0 bridgehead atoms. The minimum absolute atomic E-state index is 0.0185. The highest BCUT2D eigenvalue weighted by Crippen LogP contribution is 2.33. The zero-order valence-electron chi connectivity index (χ0n) is 13.5. The summed E-state index contributed by atoms with van der Waals surface area (Å²) in [7, 11) is 0. The summed E-state index contributed by atoms with van der Waals surface area (Å²) < 4.78 is 19.1. The van der Waals surface area contributed by atoms with E-state index in [0.29, 0.717) is 27.2 Å². The van der Waals surface area contributed by atoms with Crippen LogP contribution < -0.4 is 0 Å². The number of furan rings is 1. The van der Waals surface area contributed by atoms with Gasteiger partial charge < -0.3 is 9.52 Å². The van der Waals surface area contributed by atoms with Gasteiger partial charge in [-0.3, -0.25) is 14.5 Å². The number of thiocarbonyl (C=S) groups is 1. The van der Waals surface area contributed by atoms with Gasteiger partial charge in [-0.15, -0.1) is 0 Å². The fraction of sp³-hybridized carbons (Fsp3) is 0.167. The summed E-state index contributed by atoms with van der Waals surface area (Å²) >= 11 is 6.35. The number of rotatable bonds is 6. The van der Waals surface area contributed by atoms with Crippen molar-refractivity contribution in [3.63, 3.8) is 0 Å². The molecule has 0 aliphatic carbocycles. The van der Waals surface area contributed by atoms with Crippen molar-refractivity contribution in [1.82, 2.24) is 4.90 Å². The highest BCUT2D eigenvalue weighted by atomic mass is 32.2. The van der Waals surface area contributed by atoms with E-state index in [2.05, 4.69) is 0 Å². The van der Waals surface area contributed by atoms with Gasteiger partial charge in [0.2, 0.25) is 0 Å². The quantitative estimate of drug-likeness (QED) is 0.589. The number of halogens is 1. The fourth-order valence-corrected chi connectivity index (χ4v) is 3.70. The minimum atomic E-state index is -0.908. The van der Waals surface area contributed by atoms with Crippen molar-refractivity contribution in [2.24, 2.45) is 0 Å². The van der Waals surface area contributed by atoms with Crippen LogP contribution in [0.15, 0.2) is 45.7 Å². The van der Waals surface area contributed by atoms with E-state index in [1.165, 1.54) is 17.0 Å². The number of hydrogen-bond donors (Lipinski definition) is 1. The lowest BCUT2D eigenvalue weighted by Gasteiger charge is -2.13. The summed E-state index contributed by atoms with van der Waals surface area (Å²) in [6.07, 6.45) is 1.92. The van der Waals surface area contributed by atoms with Crippen molar-refractivity contribution in [3.8, 4) is 11.3 Å². The third-order valence-corrected chi connectivity index (χ3v) is 5.05. The van der Waals surface area contributed by atoms with Crippen LogP contribution >= 0.6 is 24.0 Å². The van der Waals surface area contributed by atoms with Crippen LogP contribution in [-0.2, 0) is 9.59 Å². The zero-order chi connectivity index (χ0) is 18.7. The second-order valence-corrected chi connectivity index (χ2v) is 7.22. The van der Waals surface area contributed by atoms with E-state index in [1.807, 2.05) is 0 Å². The fourth-order valence-electron chi connectivity index (χ4n) is 2.41. The highest BCUT2D eigenvalue weighted by Gasteiger charge is 2.31. The van der Waals surface area contributed by atoms with Crippen LogP contribution in [0.2, 0.25) is 0 Å². The summed E-state index contributed by atoms with van der Waals surface area (Å²) in [4.78, 5) is 24.8. The zero-order valence-corrected chi connectivity index (χ0v) is 15.1. The summed E-state index contributed by atoms with van der Waals surface area (Å²) in [5, 5.41) is 8.69. The summed E-state index contributed by atoms with van der Waals surface area (Å²) in [6, 6.07) is 9.38. The van der Waals surface area contributed by atoms with Gasteiger partial charge in [-0.2, -0.15) is 0 Å². The lowest BCUT2D eigenvalue weighted by molar-refractivity contribution is -0.137. The second-order valence-electron chi connectivity index (χ2n) is 5.54. The van der Waals surface area contributed by atoms with E-state index in [4.69, 9.17) is 21.7 Å². The number of aliphatic carboxylic acids is 1. The molecule has 0 unspecified atom stereocenters. The Morgan fingerprint density at radius 1 is 1.27 bits per heavy atom. The summed E-state index contributed by atoms with van der Waals surface area (Å²) in [6.45, 7) is 0.271. The van der Waals surface area contributed by atoms with Gasteiger partial charge in [0.15, 0.2) is 0 Å². The van der Waals surface area contributed by atoms with E-state index in [0.717, 1.165) is 17.3 Å². The number of carbonyl (C=O) groups excluding carboxylic acids is 1. The molecule has 3 rings (SSSR count). The van der Waals surface area contributed by atoms with Gasteiger partial charge in [0.1, 0.15) is 21.7 Å². The molecule has 2 heterocycles. The van der Waals surface area contributed by atoms with E-state index < -0.39 is 5.97 Å². The van der Waals surface area contributed by atoms with Crippen molar-refractivity contribution >= 4 is 46.3 Å². The first kappa shape index (κ1) is 18.3. The molecule has 5 nitrogen and oxygen atoms in total. The molecule has 1 aromatic heterocycles. The largest absolute Gasteiger partial charge is 0.481 e. The van der Waals surface area contributed by atoms with Crippen LogP contribution in [0.1, 0.15) is 18.6 Å². The van der Waals surface area contributed by atoms with Crippen molar-refractivity contribution < 1.29 is 23.5 Å². The SMILES string of the molecule is O=C(O)CCCN1C(=O)/C(=C/c2ccc(-c3ccc(F)cc3)o2)SC1=S. The topological polar surface area (TPSA) is 70.8 Å². The first-order valence-corrected chi connectivity index (χ1v) is 8.99. The van der Waals surface area contributed by atoms with Crippen LogP contribution in [0.4, 0.5) is 4.39 Å². The molecule has 0 atom stereocenters. The molecule has 26 heavy (non-hydrogen) atoms. The Bertz CT molecular complexity index is 889. The molecule has 1 amide bonds. The van der Waals surface area contributed by atoms with Gasteiger partial charge in [-0.1, -0.05) is 24.0 Å². The predicted molar refractivity (Wildman–Crippen MR) is 101 cm³/mol. The summed E-state index contributed by atoms with van der Waals surface area (Å²) in [5.41, 5.74) is 0.729. The molecule has 0 radical (unpaired) electrons. The van der Waals surface area contributed by atoms with Gasteiger partial charge in [-0.05, 0) is 42.8 Å². The number of nitrogens with zero attached hydrogens (tertiary/aromatic N) is 1. The average molecular weight is 391 g/mol. The lowest BCUT2D eigenvalue weighted by atomic mass is 10.2. The molecule has 1 fully saturated rings. The monoisotopic (exact) mass is 391 g/mol. The second kappa shape index (κ2) is 7.84. The van der Waals surface area contributed by atoms with Crippen LogP contribution in [0.5, 0.6) is 0 Å². The van der Waals surface area contributed by atoms with E-state index in [9.17, 15) is 14.0 Å². The molecule has 134 valence electrons. The molecular formula is C18H14FNO4S2. The Balaban J connectivity index is 1.72. The Kier molecular flexibility index (Phi) is 5.53. The maximum atomic E-state index is 13.0. The molecule has 1 N–H and O–H groups in total. The van der Waals surface area contributed by atoms with E-state index in [1.54, 1.807) is 30.3 Å². The molecule has 0 spiro atoms. The first-order chi connectivity index (χ1) is 12.4. The molecule has 8 heteroatoms. The van der Waals surface area contributed by atoms with Crippen molar-refractivity contribution in [2.75, 3.05) is 6.54 Å². The van der Waals surface area contributed by atoms with Gasteiger partial charge in [0.05, 0.1) is 4.91 Å². The maximum absolute atomic E-state index is 13.0. The third kappa shape index (κ3) is 4.20. The molecule has 1 aromatic carbocycles. The number of thioether (sulfide) groups is 1. The van der Waals surface area contributed by atoms with Gasteiger partial charge >= 0.3 is 5.97 Å². The van der Waals surface area contributed by atoms with Gasteiger partial charge in [0.25, 0.3) is 5.91 Å². The number of carbonyl (C=O) groups is 2. The van der Waals surface area contributed by atoms with E-state index in [-0.39, 0.29) is 24.7 Å². The molecule has 1 aliphatic heterocycles. The van der Waals surface area contributed by atoms with Crippen LogP contribution in [0, 0.1) is 5.82 Å². The smallest absolute Gasteiger partial charge is 0.303 e. The van der Waals surface area contributed by atoms with Crippen molar-refractivity contribution in [1.29, 1.82) is 0 Å². The Hall–Kier alpha value is -2.45. The molecule has 2 aromatic rings. The first-order valence-electron chi connectivity index (χ1n) is 7.77. The number of carboxylic acids is 1. The van der Waals surface area contributed by atoms with Crippen LogP contribution in [0.25, 0.3) is 17.4 Å². The number of carboxylic acid groups (broad SMARTS) is 1. The molecule has 1 aliphatic rings. The highest BCUT2D eigenvalue weighted by molar-refractivity contribution is 8.26. The van der Waals surface area contributed by atoms with Gasteiger partial charge in [0, 0.05) is 24.6 Å². The predicted octanol–water partition coefficient (Wildman–Crippen LogP) is 4.15. The molecular weight excluding hydrogens is 377 g/mol. The summed E-state index contributed by atoms with van der Waals surface area (Å²) in [5.74, 6) is -0.448. The normalized spacial score (nSPS) is 15.9. The Morgan fingerprint density at radius 2 is 2.00 bits per heavy atom. The standard InChI is InChI=1S/C18H14FNO4S2/c19-12-5-3-11(4-6-12)14-8-7-13(24-14)10-15-17(23)20(18(25)26-15)9-1-2-16(21)22/h3-8,10H,1-2,9H2,(H,21,22)/b15-10-. The Labute approximate surface area is 158 Å². The van der Waals surface area contributed by atoms with Crippen molar-refractivity contribution in [2.45, 2.75) is 12.8 Å². The number of amides is 1. The molecule has 1 saturated heterocycles. The van der Waals surface area contributed by atoms with Crippen molar-refractivity contribution in [3.05, 3.63) is 52.9 Å². The minimum Gasteiger partial charge on any atom is -0.481 e. The van der Waals surface area contributed by atoms with E-state index >= 15 is 0 Å². The number of hydrogen-bond acceptors (Lipinski definition) is 5. The molecule has 0 saturated carbocycles. The lowest BCUT2D eigenvalue weighted by Crippen LogP contribution is -2.29. The Morgan fingerprint density at radius 3 is 2.69 bits per heavy atom. The maximum Gasteiger partial charge on any atom is 0.303 e. The van der Waals surface area contributed by atoms with Gasteiger partial charge in [-0.25, -0.2) is 4.39 Å². The third-order valence-electron chi connectivity index (χ3n) is 3.67.